The zero-order chi connectivity index (χ0) is 12.8. The summed E-state index contributed by atoms with van der Waals surface area (Å²) in [6, 6.07) is 4.01. The van der Waals surface area contributed by atoms with Crippen LogP contribution < -0.4 is 5.32 Å². The smallest absolute Gasteiger partial charge is 0.0791 e. The van der Waals surface area contributed by atoms with Crippen LogP contribution >= 0.6 is 0 Å². The first-order chi connectivity index (χ1) is 8.75. The maximum absolute atomic E-state index is 9.93. The molecule has 0 aromatic carbocycles. The van der Waals surface area contributed by atoms with E-state index in [1.54, 1.807) is 0 Å². The zero-order valence-electron chi connectivity index (χ0n) is 11.1. The van der Waals surface area contributed by atoms with Crippen LogP contribution in [0.25, 0.3) is 0 Å². The van der Waals surface area contributed by atoms with Crippen LogP contribution in [-0.2, 0) is 6.54 Å². The first kappa shape index (κ1) is 13.5. The molecule has 2 N–H and O–H groups in total. The molecule has 1 aromatic heterocycles. The Morgan fingerprint density at radius 2 is 2.22 bits per heavy atom. The van der Waals surface area contributed by atoms with Crippen molar-refractivity contribution >= 4 is 0 Å². The third-order valence-electron chi connectivity index (χ3n) is 3.46. The normalized spacial score (nSPS) is 18.1. The van der Waals surface area contributed by atoms with Crippen LogP contribution in [0.4, 0.5) is 0 Å². The minimum atomic E-state index is -0.285. The van der Waals surface area contributed by atoms with E-state index >= 15 is 0 Å². The number of nitrogens with one attached hydrogen (secondary N) is 1. The molecule has 1 saturated heterocycles. The van der Waals surface area contributed by atoms with E-state index in [1.807, 2.05) is 12.3 Å². The average molecular weight is 249 g/mol. The van der Waals surface area contributed by atoms with E-state index in [4.69, 9.17) is 0 Å². The van der Waals surface area contributed by atoms with Crippen LogP contribution in [0.15, 0.2) is 18.3 Å². The molecule has 0 amide bonds. The number of hydrogen-bond donors (Lipinski definition) is 2. The summed E-state index contributed by atoms with van der Waals surface area (Å²) in [4.78, 5) is 6.66. The maximum atomic E-state index is 9.93. The van der Waals surface area contributed by atoms with Crippen molar-refractivity contribution in [1.82, 2.24) is 15.2 Å². The Labute approximate surface area is 109 Å². The van der Waals surface area contributed by atoms with E-state index < -0.39 is 0 Å². The van der Waals surface area contributed by atoms with E-state index in [0.29, 0.717) is 6.54 Å². The van der Waals surface area contributed by atoms with Crippen molar-refractivity contribution in [3.8, 4) is 0 Å². The van der Waals surface area contributed by atoms with Gasteiger partial charge in [0.05, 0.1) is 11.8 Å². The number of aliphatic hydroxyl groups excluding tert-OH is 1. The van der Waals surface area contributed by atoms with E-state index in [0.717, 1.165) is 31.9 Å². The molecule has 2 heterocycles. The lowest BCUT2D eigenvalue weighted by atomic mass is 10.2. The lowest BCUT2D eigenvalue weighted by Gasteiger charge is -2.19. The molecule has 1 aliphatic heterocycles. The Balaban J connectivity index is 1.67. The summed E-state index contributed by atoms with van der Waals surface area (Å²) in [5, 5.41) is 13.2. The Bertz CT molecular complexity index is 364. The van der Waals surface area contributed by atoms with Crippen molar-refractivity contribution < 1.29 is 5.11 Å². The van der Waals surface area contributed by atoms with Crippen LogP contribution in [0.5, 0.6) is 0 Å². The molecule has 18 heavy (non-hydrogen) atoms. The predicted octanol–water partition coefficient (Wildman–Crippen LogP) is 0.936. The summed E-state index contributed by atoms with van der Waals surface area (Å²) in [5.74, 6) is 0. The second kappa shape index (κ2) is 6.83. The van der Waals surface area contributed by atoms with Gasteiger partial charge in [-0.3, -0.25) is 4.98 Å². The van der Waals surface area contributed by atoms with Gasteiger partial charge in [-0.05, 0) is 44.5 Å². The molecule has 0 saturated carbocycles. The van der Waals surface area contributed by atoms with Crippen LogP contribution in [0.1, 0.15) is 24.1 Å². The van der Waals surface area contributed by atoms with Gasteiger partial charge in [0.15, 0.2) is 0 Å². The summed E-state index contributed by atoms with van der Waals surface area (Å²) in [6.45, 7) is 6.47. The number of pyridine rings is 1. The Morgan fingerprint density at radius 3 is 2.94 bits per heavy atom. The number of β-amino-alcohol motifs (C(OH)–C–C–N with tert-alkyl or cyclic N) is 1. The summed E-state index contributed by atoms with van der Waals surface area (Å²) < 4.78 is 0. The molecule has 0 aliphatic carbocycles. The summed E-state index contributed by atoms with van der Waals surface area (Å²) in [7, 11) is 0. The van der Waals surface area contributed by atoms with Gasteiger partial charge in [-0.1, -0.05) is 6.07 Å². The van der Waals surface area contributed by atoms with Crippen LogP contribution in [0.3, 0.4) is 0 Å². The van der Waals surface area contributed by atoms with Crippen LogP contribution in [-0.4, -0.2) is 47.3 Å². The predicted molar refractivity (Wildman–Crippen MR) is 72.4 cm³/mol. The SMILES string of the molecule is Cc1cccnc1CNCC(O)CN1CCCC1. The fourth-order valence-corrected chi connectivity index (χ4v) is 2.39. The van der Waals surface area contributed by atoms with Crippen molar-refractivity contribution in [2.45, 2.75) is 32.4 Å². The lowest BCUT2D eigenvalue weighted by Crippen LogP contribution is -2.37. The molecule has 4 heteroatoms. The van der Waals surface area contributed by atoms with Crippen molar-refractivity contribution in [1.29, 1.82) is 0 Å². The van der Waals surface area contributed by atoms with Gasteiger partial charge in [0.2, 0.25) is 0 Å². The Morgan fingerprint density at radius 1 is 1.44 bits per heavy atom. The third kappa shape index (κ3) is 4.05. The van der Waals surface area contributed by atoms with E-state index in [-0.39, 0.29) is 6.10 Å². The molecule has 100 valence electrons. The van der Waals surface area contributed by atoms with Gasteiger partial charge in [-0.25, -0.2) is 0 Å². The number of nitrogens with zero attached hydrogens (tertiary/aromatic N) is 2. The molecule has 0 spiro atoms. The average Bonchev–Trinajstić information content (AvgIpc) is 2.84. The van der Waals surface area contributed by atoms with E-state index in [9.17, 15) is 5.11 Å². The second-order valence-corrected chi connectivity index (χ2v) is 5.06. The van der Waals surface area contributed by atoms with Gasteiger partial charge >= 0.3 is 0 Å². The molecule has 0 bridgehead atoms. The van der Waals surface area contributed by atoms with E-state index in [1.165, 1.54) is 18.4 Å². The number of likely N-dealkylation sites (tertiary alicyclic amines) is 1. The molecular weight excluding hydrogens is 226 g/mol. The summed E-state index contributed by atoms with van der Waals surface area (Å²) >= 11 is 0. The molecule has 1 aromatic rings. The highest BCUT2D eigenvalue weighted by molar-refractivity contribution is 5.17. The topological polar surface area (TPSA) is 48.4 Å². The van der Waals surface area contributed by atoms with E-state index in [2.05, 4.69) is 28.2 Å². The number of hydrogen-bond acceptors (Lipinski definition) is 4. The number of aromatic nitrogens is 1. The molecule has 2 rings (SSSR count). The molecule has 1 aliphatic rings. The fraction of sp³-hybridized carbons (Fsp3) is 0.643. The van der Waals surface area contributed by atoms with Gasteiger partial charge in [0.1, 0.15) is 0 Å². The summed E-state index contributed by atoms with van der Waals surface area (Å²) in [5.41, 5.74) is 2.25. The second-order valence-electron chi connectivity index (χ2n) is 5.06. The Kier molecular flexibility index (Phi) is 5.11. The highest BCUT2D eigenvalue weighted by Gasteiger charge is 2.15. The van der Waals surface area contributed by atoms with Crippen LogP contribution in [0.2, 0.25) is 0 Å². The molecular formula is C14H23N3O. The van der Waals surface area contributed by atoms with Crippen molar-refractivity contribution in [2.75, 3.05) is 26.2 Å². The lowest BCUT2D eigenvalue weighted by molar-refractivity contribution is 0.123. The molecule has 1 atom stereocenters. The number of aliphatic hydroxyl groups is 1. The molecule has 1 fully saturated rings. The van der Waals surface area contributed by atoms with Gasteiger partial charge in [-0.2, -0.15) is 0 Å². The zero-order valence-corrected chi connectivity index (χ0v) is 11.1. The quantitative estimate of drug-likeness (QED) is 0.787. The third-order valence-corrected chi connectivity index (χ3v) is 3.46. The molecule has 0 radical (unpaired) electrons. The summed E-state index contributed by atoms with van der Waals surface area (Å²) in [6.07, 6.45) is 4.07. The Hall–Kier alpha value is -0.970. The number of rotatable bonds is 6. The van der Waals surface area contributed by atoms with Gasteiger partial charge < -0.3 is 15.3 Å². The van der Waals surface area contributed by atoms with Crippen molar-refractivity contribution in [2.24, 2.45) is 0 Å². The number of aryl methyl sites for hydroxylation is 1. The van der Waals surface area contributed by atoms with Crippen molar-refractivity contribution in [3.05, 3.63) is 29.6 Å². The van der Waals surface area contributed by atoms with Gasteiger partial charge in [-0.15, -0.1) is 0 Å². The standard InChI is InChI=1S/C14H23N3O/c1-12-5-4-6-16-14(12)10-15-9-13(18)11-17-7-2-3-8-17/h4-6,13,15,18H,2-3,7-11H2,1H3. The molecule has 4 nitrogen and oxygen atoms in total. The maximum Gasteiger partial charge on any atom is 0.0791 e. The van der Waals surface area contributed by atoms with Gasteiger partial charge in [0, 0.05) is 25.8 Å². The molecule has 1 unspecified atom stereocenters. The van der Waals surface area contributed by atoms with Crippen molar-refractivity contribution in [3.63, 3.8) is 0 Å². The minimum absolute atomic E-state index is 0.285. The van der Waals surface area contributed by atoms with Gasteiger partial charge in [0.25, 0.3) is 0 Å². The first-order valence-corrected chi connectivity index (χ1v) is 6.77. The van der Waals surface area contributed by atoms with Crippen LogP contribution in [0, 0.1) is 6.92 Å². The highest BCUT2D eigenvalue weighted by atomic mass is 16.3. The highest BCUT2D eigenvalue weighted by Crippen LogP contribution is 2.07. The monoisotopic (exact) mass is 249 g/mol. The fourth-order valence-electron chi connectivity index (χ4n) is 2.39. The first-order valence-electron chi connectivity index (χ1n) is 6.77. The largest absolute Gasteiger partial charge is 0.390 e. The minimum Gasteiger partial charge on any atom is -0.390 e.